The van der Waals surface area contributed by atoms with E-state index in [-0.39, 0.29) is 6.17 Å². The fraction of sp³-hybridized carbons (Fsp3) is 0.286. The van der Waals surface area contributed by atoms with Gasteiger partial charge in [0.15, 0.2) is 0 Å². The summed E-state index contributed by atoms with van der Waals surface area (Å²) in [5, 5.41) is 20.7. The molecule has 6 heteroatoms. The predicted molar refractivity (Wildman–Crippen MR) is 130 cm³/mol. The first-order valence-corrected chi connectivity index (χ1v) is 11.3. The molecular weight excluding hydrogens is 424 g/mol. The molecule has 172 valence electrons. The first-order valence-electron chi connectivity index (χ1n) is 11.3. The van der Waals surface area contributed by atoms with Crippen LogP contribution in [0.3, 0.4) is 0 Å². The lowest BCUT2D eigenvalue weighted by molar-refractivity contribution is -0.0293. The number of hydrogen-bond donors (Lipinski definition) is 0. The van der Waals surface area contributed by atoms with E-state index in [1.54, 1.807) is 14.2 Å². The van der Waals surface area contributed by atoms with Crippen molar-refractivity contribution in [3.05, 3.63) is 95.6 Å². The Morgan fingerprint density at radius 3 is 1.59 bits per heavy atom. The molecule has 1 fully saturated rings. The third-order valence-electron chi connectivity index (χ3n) is 6.33. The molecule has 34 heavy (non-hydrogen) atoms. The van der Waals surface area contributed by atoms with Gasteiger partial charge in [-0.15, -0.1) is 0 Å². The summed E-state index contributed by atoms with van der Waals surface area (Å²) in [5.74, 6) is 1.36. The number of methoxy groups -OCH3 is 2. The lowest BCUT2D eigenvalue weighted by atomic mass is 9.96. The van der Waals surface area contributed by atoms with E-state index in [1.165, 1.54) is 0 Å². The number of benzene rings is 3. The first kappa shape index (κ1) is 23.3. The van der Waals surface area contributed by atoms with Crippen LogP contribution in [0.15, 0.2) is 78.9 Å². The van der Waals surface area contributed by atoms with Gasteiger partial charge in [0.1, 0.15) is 23.6 Å². The maximum absolute atomic E-state index is 10.3. The monoisotopic (exact) mass is 452 g/mol. The molecule has 6 nitrogen and oxygen atoms in total. The molecule has 1 saturated heterocycles. The number of nitrogens with zero attached hydrogens (tertiary/aromatic N) is 4. The maximum atomic E-state index is 10.3. The Morgan fingerprint density at radius 2 is 1.15 bits per heavy atom. The molecule has 0 spiro atoms. The number of nitriles is 2. The Kier molecular flexibility index (Phi) is 7.44. The summed E-state index contributed by atoms with van der Waals surface area (Å²) in [7, 11) is 3.25. The number of para-hydroxylation sites is 2. The highest BCUT2D eigenvalue weighted by Gasteiger charge is 2.40. The molecule has 2 unspecified atom stereocenters. The van der Waals surface area contributed by atoms with Crippen LogP contribution >= 0.6 is 0 Å². The van der Waals surface area contributed by atoms with Gasteiger partial charge in [0, 0.05) is 24.2 Å². The number of hydrogen-bond acceptors (Lipinski definition) is 6. The molecule has 1 aliphatic heterocycles. The van der Waals surface area contributed by atoms with Gasteiger partial charge in [-0.3, -0.25) is 9.80 Å². The number of rotatable bonds is 7. The van der Waals surface area contributed by atoms with Crippen LogP contribution in [0.2, 0.25) is 0 Å². The van der Waals surface area contributed by atoms with Crippen molar-refractivity contribution < 1.29 is 9.47 Å². The average molecular weight is 453 g/mol. The highest BCUT2D eigenvalue weighted by Crippen LogP contribution is 2.43. The summed E-state index contributed by atoms with van der Waals surface area (Å²) in [5.41, 5.74) is 2.68. The Hall–Kier alpha value is -3.84. The highest BCUT2D eigenvalue weighted by molar-refractivity contribution is 5.41. The van der Waals surface area contributed by atoms with Gasteiger partial charge in [-0.25, -0.2) is 0 Å². The van der Waals surface area contributed by atoms with Crippen LogP contribution in [-0.4, -0.2) is 37.1 Å². The zero-order chi connectivity index (χ0) is 23.9. The van der Waals surface area contributed by atoms with Gasteiger partial charge in [0.25, 0.3) is 0 Å². The van der Waals surface area contributed by atoms with Crippen molar-refractivity contribution in [2.75, 3.05) is 27.3 Å². The van der Waals surface area contributed by atoms with E-state index in [0.29, 0.717) is 11.5 Å². The van der Waals surface area contributed by atoms with Gasteiger partial charge in [0.05, 0.1) is 32.5 Å². The van der Waals surface area contributed by atoms with Crippen LogP contribution in [0, 0.1) is 22.7 Å². The van der Waals surface area contributed by atoms with E-state index < -0.39 is 12.1 Å². The van der Waals surface area contributed by atoms with Gasteiger partial charge in [-0.05, 0) is 24.1 Å². The maximum Gasteiger partial charge on any atom is 0.128 e. The van der Waals surface area contributed by atoms with E-state index in [2.05, 4.69) is 34.1 Å². The minimum Gasteiger partial charge on any atom is -0.496 e. The summed E-state index contributed by atoms with van der Waals surface area (Å²) < 4.78 is 11.2. The van der Waals surface area contributed by atoms with Crippen molar-refractivity contribution in [1.29, 1.82) is 10.5 Å². The van der Waals surface area contributed by atoms with Crippen molar-refractivity contribution in [3.63, 3.8) is 0 Å². The molecular formula is C28H28N4O2. The van der Waals surface area contributed by atoms with Crippen LogP contribution in [0.5, 0.6) is 11.5 Å². The Bertz CT molecular complexity index is 1110. The zero-order valence-electron chi connectivity index (χ0n) is 19.5. The Labute approximate surface area is 201 Å². The summed E-state index contributed by atoms with van der Waals surface area (Å²) in [6.07, 6.45) is 0.545. The van der Waals surface area contributed by atoms with E-state index in [9.17, 15) is 10.5 Å². The third kappa shape index (κ3) is 4.47. The molecule has 0 aromatic heterocycles. The van der Waals surface area contributed by atoms with Crippen LogP contribution in [0.25, 0.3) is 0 Å². The second-order valence-electron chi connectivity index (χ2n) is 8.16. The normalized spacial score (nSPS) is 18.3. The molecule has 0 aliphatic carbocycles. The fourth-order valence-electron chi connectivity index (χ4n) is 4.85. The van der Waals surface area contributed by atoms with Crippen molar-refractivity contribution in [3.8, 4) is 23.6 Å². The summed E-state index contributed by atoms with van der Waals surface area (Å²) in [4.78, 5) is 4.35. The minimum atomic E-state index is -0.541. The van der Waals surface area contributed by atoms with E-state index in [4.69, 9.17) is 9.47 Å². The van der Waals surface area contributed by atoms with E-state index in [0.717, 1.165) is 36.2 Å². The summed E-state index contributed by atoms with van der Waals surface area (Å²) >= 11 is 0. The molecule has 3 aromatic rings. The SMILES string of the molecule is COc1ccccc1C(C#N)N1CCCN(C(C#N)c2ccccc2OC)C1c1ccccc1. The molecule has 1 aliphatic rings. The summed E-state index contributed by atoms with van der Waals surface area (Å²) in [6.45, 7) is 1.44. The molecule has 0 amide bonds. The molecule has 0 bridgehead atoms. The second kappa shape index (κ2) is 10.9. The first-order chi connectivity index (χ1) is 16.7. The third-order valence-corrected chi connectivity index (χ3v) is 6.33. The van der Waals surface area contributed by atoms with E-state index in [1.807, 2.05) is 66.7 Å². The topological polar surface area (TPSA) is 72.5 Å². The van der Waals surface area contributed by atoms with Crippen molar-refractivity contribution in [1.82, 2.24) is 9.80 Å². The van der Waals surface area contributed by atoms with Gasteiger partial charge in [0.2, 0.25) is 0 Å². The van der Waals surface area contributed by atoms with Crippen molar-refractivity contribution >= 4 is 0 Å². The smallest absolute Gasteiger partial charge is 0.128 e. The standard InChI is InChI=1S/C28H28N4O2/c1-33-26-15-8-6-13-22(26)24(19-29)31-17-10-18-32(28(31)21-11-4-3-5-12-21)25(20-30)23-14-7-9-16-27(23)34-2/h3-9,11-16,24-25,28H,10,17-18H2,1-2H3. The molecule has 1 heterocycles. The molecule has 2 atom stereocenters. The largest absolute Gasteiger partial charge is 0.496 e. The zero-order valence-corrected chi connectivity index (χ0v) is 19.5. The van der Waals surface area contributed by atoms with Crippen LogP contribution in [0.1, 0.15) is 41.4 Å². The van der Waals surface area contributed by atoms with E-state index >= 15 is 0 Å². The summed E-state index contributed by atoms with van der Waals surface area (Å²) in [6, 6.07) is 29.3. The lowest BCUT2D eigenvalue weighted by Crippen LogP contribution is -2.49. The van der Waals surface area contributed by atoms with Crippen molar-refractivity contribution in [2.24, 2.45) is 0 Å². The van der Waals surface area contributed by atoms with Gasteiger partial charge in [-0.2, -0.15) is 10.5 Å². The van der Waals surface area contributed by atoms with Gasteiger partial charge >= 0.3 is 0 Å². The number of ether oxygens (including phenoxy) is 2. The van der Waals surface area contributed by atoms with Gasteiger partial charge in [-0.1, -0.05) is 66.7 Å². The molecule has 0 radical (unpaired) electrons. The quantitative estimate of drug-likeness (QED) is 0.488. The fourth-order valence-corrected chi connectivity index (χ4v) is 4.85. The Morgan fingerprint density at radius 1 is 0.706 bits per heavy atom. The predicted octanol–water partition coefficient (Wildman–Crippen LogP) is 5.24. The van der Waals surface area contributed by atoms with Crippen LogP contribution < -0.4 is 9.47 Å². The average Bonchev–Trinajstić information content (AvgIpc) is 2.91. The molecule has 3 aromatic carbocycles. The molecule has 0 N–H and O–H groups in total. The van der Waals surface area contributed by atoms with Crippen molar-refractivity contribution in [2.45, 2.75) is 24.7 Å². The Balaban J connectivity index is 1.83. The van der Waals surface area contributed by atoms with Crippen LogP contribution in [-0.2, 0) is 0 Å². The molecule has 4 rings (SSSR count). The lowest BCUT2D eigenvalue weighted by Gasteiger charge is -2.47. The molecule has 0 saturated carbocycles. The second-order valence-corrected chi connectivity index (χ2v) is 8.16. The highest BCUT2D eigenvalue weighted by atomic mass is 16.5. The minimum absolute atomic E-state index is 0.279. The van der Waals surface area contributed by atoms with Crippen LogP contribution in [0.4, 0.5) is 0 Å². The van der Waals surface area contributed by atoms with Gasteiger partial charge < -0.3 is 9.47 Å².